The zero-order valence-corrected chi connectivity index (χ0v) is 20.3. The molecule has 0 aliphatic carbocycles. The van der Waals surface area contributed by atoms with E-state index >= 15 is 0 Å². The fraction of sp³-hybridized carbons (Fsp3) is 0.333. The molecule has 4 rings (SSSR count). The second-order valence-corrected chi connectivity index (χ2v) is 9.34. The average molecular weight is 461 g/mol. The predicted molar refractivity (Wildman–Crippen MR) is 137 cm³/mol. The number of nitrogens with zero attached hydrogens (tertiary/aromatic N) is 3. The second kappa shape index (κ2) is 10.8. The Bertz CT molecular complexity index is 1090. The van der Waals surface area contributed by atoms with Gasteiger partial charge in [-0.1, -0.05) is 35.9 Å². The van der Waals surface area contributed by atoms with Crippen molar-refractivity contribution in [3.05, 3.63) is 87.4 Å². The first kappa shape index (κ1) is 23.2. The van der Waals surface area contributed by atoms with E-state index < -0.39 is 0 Å². The molecule has 3 aromatic rings. The van der Waals surface area contributed by atoms with Crippen LogP contribution in [0.5, 0.6) is 0 Å². The number of aromatic nitrogens is 1. The first-order chi connectivity index (χ1) is 16.1. The lowest BCUT2D eigenvalue weighted by Gasteiger charge is -2.30. The molecule has 0 unspecified atom stereocenters. The van der Waals surface area contributed by atoms with Gasteiger partial charge in [-0.05, 0) is 56.0 Å². The summed E-state index contributed by atoms with van der Waals surface area (Å²) in [6.45, 7) is 8.44. The second-order valence-electron chi connectivity index (χ2n) is 8.36. The maximum Gasteiger partial charge on any atom is 0.253 e. The minimum Gasteiger partial charge on any atom is -0.398 e. The number of amides is 1. The van der Waals surface area contributed by atoms with Crippen molar-refractivity contribution in [2.75, 3.05) is 31.9 Å². The monoisotopic (exact) mass is 460 g/mol. The number of hydrogen-bond donors (Lipinski definition) is 1. The summed E-state index contributed by atoms with van der Waals surface area (Å²) in [7, 11) is 0. The molecule has 6 heteroatoms. The van der Waals surface area contributed by atoms with Crippen molar-refractivity contribution < 1.29 is 4.79 Å². The van der Waals surface area contributed by atoms with Gasteiger partial charge in [0, 0.05) is 60.6 Å². The number of benzene rings is 2. The Morgan fingerprint density at radius 1 is 1.03 bits per heavy atom. The van der Waals surface area contributed by atoms with Crippen molar-refractivity contribution in [1.29, 1.82) is 0 Å². The van der Waals surface area contributed by atoms with E-state index in [0.29, 0.717) is 13.1 Å². The molecular formula is C27H32N4OS. The van der Waals surface area contributed by atoms with Crippen molar-refractivity contribution in [3.63, 3.8) is 0 Å². The number of thiazole rings is 1. The summed E-state index contributed by atoms with van der Waals surface area (Å²) >= 11 is 1.72. The van der Waals surface area contributed by atoms with Crippen molar-refractivity contribution in [3.8, 4) is 0 Å². The SMILES string of the molecule is CCN(CC)C(=O)c1ccc(C(=C2CCN(Cc3cncs3)CC2)c2ccccc2N)cc1. The van der Waals surface area contributed by atoms with E-state index in [2.05, 4.69) is 28.1 Å². The molecular weight excluding hydrogens is 428 g/mol. The molecule has 1 aliphatic heterocycles. The Morgan fingerprint density at radius 3 is 2.30 bits per heavy atom. The van der Waals surface area contributed by atoms with Crippen LogP contribution in [0, 0.1) is 0 Å². The van der Waals surface area contributed by atoms with Gasteiger partial charge in [0.15, 0.2) is 0 Å². The molecule has 1 saturated heterocycles. The molecule has 33 heavy (non-hydrogen) atoms. The van der Waals surface area contributed by atoms with Crippen LogP contribution in [0.25, 0.3) is 5.57 Å². The number of hydrogen-bond acceptors (Lipinski definition) is 5. The molecule has 0 bridgehead atoms. The van der Waals surface area contributed by atoms with Crippen LogP contribution in [0.15, 0.2) is 65.8 Å². The lowest BCUT2D eigenvalue weighted by Crippen LogP contribution is -2.30. The van der Waals surface area contributed by atoms with E-state index in [4.69, 9.17) is 5.73 Å². The van der Waals surface area contributed by atoms with Crippen LogP contribution in [0.3, 0.4) is 0 Å². The van der Waals surface area contributed by atoms with E-state index in [0.717, 1.165) is 54.9 Å². The van der Waals surface area contributed by atoms with Gasteiger partial charge in [0.25, 0.3) is 5.91 Å². The quantitative estimate of drug-likeness (QED) is 0.486. The molecule has 2 aromatic carbocycles. The number of nitrogen functional groups attached to an aromatic ring is 1. The minimum atomic E-state index is 0.0800. The summed E-state index contributed by atoms with van der Waals surface area (Å²) in [5.41, 5.74) is 14.7. The van der Waals surface area contributed by atoms with Crippen LogP contribution in [-0.2, 0) is 6.54 Å². The normalized spacial score (nSPS) is 14.3. The Balaban J connectivity index is 1.63. The zero-order valence-electron chi connectivity index (χ0n) is 19.5. The highest BCUT2D eigenvalue weighted by molar-refractivity contribution is 7.09. The topological polar surface area (TPSA) is 62.5 Å². The molecule has 0 atom stereocenters. The fourth-order valence-corrected chi connectivity index (χ4v) is 5.16. The summed E-state index contributed by atoms with van der Waals surface area (Å²) in [4.78, 5) is 22.6. The van der Waals surface area contributed by atoms with Crippen molar-refractivity contribution >= 4 is 28.5 Å². The largest absolute Gasteiger partial charge is 0.398 e. The molecule has 0 saturated carbocycles. The third-order valence-corrected chi connectivity index (χ3v) is 7.14. The van der Waals surface area contributed by atoms with Crippen molar-refractivity contribution in [2.45, 2.75) is 33.2 Å². The number of para-hydroxylation sites is 1. The van der Waals surface area contributed by atoms with Crippen LogP contribution in [0.2, 0.25) is 0 Å². The van der Waals surface area contributed by atoms with Gasteiger partial charge < -0.3 is 10.6 Å². The number of rotatable bonds is 7. The number of anilines is 1. The Hall–Kier alpha value is -2.96. The first-order valence-corrected chi connectivity index (χ1v) is 12.5. The van der Waals surface area contributed by atoms with Crippen LogP contribution in [0.4, 0.5) is 5.69 Å². The van der Waals surface area contributed by atoms with E-state index in [1.54, 1.807) is 11.3 Å². The maximum absolute atomic E-state index is 12.8. The summed E-state index contributed by atoms with van der Waals surface area (Å²) in [5, 5.41) is 0. The van der Waals surface area contributed by atoms with Crippen LogP contribution < -0.4 is 5.73 Å². The van der Waals surface area contributed by atoms with Gasteiger partial charge in [0.05, 0.1) is 5.51 Å². The number of carbonyl (C=O) groups excluding carboxylic acids is 1. The zero-order chi connectivity index (χ0) is 23.2. The number of nitrogens with two attached hydrogens (primary N) is 1. The Morgan fingerprint density at radius 2 is 1.70 bits per heavy atom. The van der Waals surface area contributed by atoms with Gasteiger partial charge in [0.1, 0.15) is 0 Å². The maximum atomic E-state index is 12.8. The summed E-state index contributed by atoms with van der Waals surface area (Å²) in [6.07, 6.45) is 3.97. The lowest BCUT2D eigenvalue weighted by molar-refractivity contribution is 0.0773. The summed E-state index contributed by atoms with van der Waals surface area (Å²) in [5.74, 6) is 0.0800. The van der Waals surface area contributed by atoms with Gasteiger partial charge in [-0.15, -0.1) is 11.3 Å². The molecule has 1 amide bonds. The predicted octanol–water partition coefficient (Wildman–Crippen LogP) is 5.31. The molecule has 2 N–H and O–H groups in total. The smallest absolute Gasteiger partial charge is 0.253 e. The molecule has 1 fully saturated rings. The summed E-state index contributed by atoms with van der Waals surface area (Å²) < 4.78 is 0. The highest BCUT2D eigenvalue weighted by Gasteiger charge is 2.21. The molecule has 1 aromatic heterocycles. The molecule has 172 valence electrons. The molecule has 1 aliphatic rings. The Kier molecular flexibility index (Phi) is 7.57. The van der Waals surface area contributed by atoms with Crippen LogP contribution in [-0.4, -0.2) is 46.9 Å². The van der Waals surface area contributed by atoms with Gasteiger partial charge in [-0.25, -0.2) is 0 Å². The number of likely N-dealkylation sites (tertiary alicyclic amines) is 1. The van der Waals surface area contributed by atoms with E-state index in [9.17, 15) is 4.79 Å². The minimum absolute atomic E-state index is 0.0800. The standard InChI is InChI=1S/C27H32N4OS/c1-3-31(4-2)27(32)22-11-9-20(10-12-22)26(24-7-5-6-8-25(24)28)21-13-15-30(16-14-21)18-23-17-29-19-33-23/h5-12,17,19H,3-4,13-16,18,28H2,1-2H3. The highest BCUT2D eigenvalue weighted by atomic mass is 32.1. The van der Waals surface area contributed by atoms with E-state index in [1.165, 1.54) is 16.0 Å². The van der Waals surface area contributed by atoms with Gasteiger partial charge in [0.2, 0.25) is 0 Å². The molecule has 5 nitrogen and oxygen atoms in total. The number of carbonyl (C=O) groups is 1. The highest BCUT2D eigenvalue weighted by Crippen LogP contribution is 2.35. The third kappa shape index (κ3) is 5.34. The number of piperidine rings is 1. The lowest BCUT2D eigenvalue weighted by atomic mass is 9.87. The van der Waals surface area contributed by atoms with E-state index in [1.807, 2.05) is 60.8 Å². The van der Waals surface area contributed by atoms with Crippen molar-refractivity contribution in [2.24, 2.45) is 0 Å². The van der Waals surface area contributed by atoms with E-state index in [-0.39, 0.29) is 5.91 Å². The first-order valence-electron chi connectivity index (χ1n) is 11.7. The van der Waals surface area contributed by atoms with Gasteiger partial charge in [-0.2, -0.15) is 0 Å². The fourth-order valence-electron chi connectivity index (χ4n) is 4.52. The van der Waals surface area contributed by atoms with Gasteiger partial charge >= 0.3 is 0 Å². The third-order valence-electron chi connectivity index (χ3n) is 6.38. The molecule has 0 spiro atoms. The molecule has 2 heterocycles. The van der Waals surface area contributed by atoms with Crippen LogP contribution in [0.1, 0.15) is 53.1 Å². The summed E-state index contributed by atoms with van der Waals surface area (Å²) in [6, 6.07) is 16.2. The molecule has 0 radical (unpaired) electrons. The average Bonchev–Trinajstić information content (AvgIpc) is 3.36. The Labute approximate surface area is 200 Å². The van der Waals surface area contributed by atoms with Crippen molar-refractivity contribution in [1.82, 2.24) is 14.8 Å². The van der Waals surface area contributed by atoms with Gasteiger partial charge in [-0.3, -0.25) is 14.7 Å². The van der Waals surface area contributed by atoms with Crippen LogP contribution >= 0.6 is 11.3 Å².